The third kappa shape index (κ3) is 7.21. The van der Waals surface area contributed by atoms with Gasteiger partial charge in [0.1, 0.15) is 0 Å². The topological polar surface area (TPSA) is 3.24 Å². The second-order valence-corrected chi connectivity index (χ2v) is 18.4. The summed E-state index contributed by atoms with van der Waals surface area (Å²) in [5.74, 6) is 0. The van der Waals surface area contributed by atoms with Crippen LogP contribution in [0.1, 0.15) is 25.0 Å². The van der Waals surface area contributed by atoms with Crippen LogP contribution in [0.25, 0.3) is 88.7 Å². The van der Waals surface area contributed by atoms with Gasteiger partial charge < -0.3 is 4.90 Å². The summed E-state index contributed by atoms with van der Waals surface area (Å²) in [6.07, 6.45) is 0. The Balaban J connectivity index is 1.02. The normalized spacial score (nSPS) is 12.4. The van der Waals surface area contributed by atoms with Gasteiger partial charge in [-0.2, -0.15) is 0 Å². The minimum atomic E-state index is -0.0513. The zero-order chi connectivity index (χ0) is 45.6. The fourth-order valence-corrected chi connectivity index (χ4v) is 10.7. The Morgan fingerprint density at radius 1 is 0.279 bits per heavy atom. The van der Waals surface area contributed by atoms with Gasteiger partial charge in [-0.05, 0) is 131 Å². The summed E-state index contributed by atoms with van der Waals surface area (Å²) in [4.78, 5) is 2.46. The standard InChI is InChI=1S/C67H49N/c1-67(2)63-32-14-13-28-60(63)62-45-53(40-43-64(62)67)52-24-15-25-55(44-52)68(54-41-38-47(39-42-54)46-34-36-51(37-35-46)57-30-16-23-49-22-9-10-26-56(49)57)65-33-17-31-59(50-20-7-4-8-21-50)66(65)61-29-12-11-27-58(61)48-18-5-3-6-19-48/h3-45H,1-2H3. The van der Waals surface area contributed by atoms with E-state index in [1.165, 1.54) is 99.8 Å². The summed E-state index contributed by atoms with van der Waals surface area (Å²) in [6.45, 7) is 4.69. The van der Waals surface area contributed by atoms with Crippen molar-refractivity contribution in [1.82, 2.24) is 0 Å². The highest BCUT2D eigenvalue weighted by molar-refractivity contribution is 6.02. The highest BCUT2D eigenvalue weighted by atomic mass is 15.1. The number of hydrogen-bond acceptors (Lipinski definition) is 1. The zero-order valence-corrected chi connectivity index (χ0v) is 38.3. The largest absolute Gasteiger partial charge is 0.310 e. The Bertz CT molecular complexity index is 3620. The molecule has 322 valence electrons. The molecule has 1 nitrogen and oxygen atoms in total. The third-order valence-corrected chi connectivity index (χ3v) is 14.1. The van der Waals surface area contributed by atoms with E-state index in [4.69, 9.17) is 0 Å². The van der Waals surface area contributed by atoms with E-state index < -0.39 is 0 Å². The van der Waals surface area contributed by atoms with Crippen LogP contribution in [-0.4, -0.2) is 0 Å². The van der Waals surface area contributed by atoms with Gasteiger partial charge in [0, 0.05) is 22.4 Å². The van der Waals surface area contributed by atoms with Crippen LogP contribution in [0, 0.1) is 0 Å². The molecule has 1 aliphatic rings. The Morgan fingerprint density at radius 2 is 0.765 bits per heavy atom. The van der Waals surface area contributed by atoms with Gasteiger partial charge in [-0.25, -0.2) is 0 Å². The first-order chi connectivity index (χ1) is 33.5. The number of benzene rings is 11. The SMILES string of the molecule is CC1(C)c2ccccc2-c2cc(-c3cccc(N(c4ccc(-c5ccc(-c6cccc7ccccc67)cc5)cc4)c4cccc(-c5ccccc5)c4-c4ccccc4-c4ccccc4)c3)ccc21. The van der Waals surface area contributed by atoms with Crippen LogP contribution in [-0.2, 0) is 5.41 Å². The second-order valence-electron chi connectivity index (χ2n) is 18.4. The van der Waals surface area contributed by atoms with Gasteiger partial charge in [0.25, 0.3) is 0 Å². The minimum absolute atomic E-state index is 0.0513. The van der Waals surface area contributed by atoms with Gasteiger partial charge in [-0.3, -0.25) is 0 Å². The molecule has 0 spiro atoms. The summed E-state index contributed by atoms with van der Waals surface area (Å²) >= 11 is 0. The summed E-state index contributed by atoms with van der Waals surface area (Å²) in [5, 5.41) is 2.52. The summed E-state index contributed by atoms with van der Waals surface area (Å²) in [6, 6.07) is 95.7. The van der Waals surface area contributed by atoms with E-state index >= 15 is 0 Å². The molecule has 0 atom stereocenters. The lowest BCUT2D eigenvalue weighted by atomic mass is 9.82. The fourth-order valence-electron chi connectivity index (χ4n) is 10.7. The van der Waals surface area contributed by atoms with Gasteiger partial charge in [0.2, 0.25) is 0 Å². The highest BCUT2D eigenvalue weighted by Gasteiger charge is 2.35. The van der Waals surface area contributed by atoms with E-state index in [0.29, 0.717) is 0 Å². The first kappa shape index (κ1) is 40.9. The van der Waals surface area contributed by atoms with E-state index in [-0.39, 0.29) is 5.41 Å². The maximum Gasteiger partial charge on any atom is 0.0546 e. The zero-order valence-electron chi connectivity index (χ0n) is 38.3. The number of hydrogen-bond donors (Lipinski definition) is 0. The second kappa shape index (κ2) is 17.0. The van der Waals surface area contributed by atoms with Crippen molar-refractivity contribution in [2.75, 3.05) is 4.90 Å². The van der Waals surface area contributed by atoms with Crippen molar-refractivity contribution in [2.24, 2.45) is 0 Å². The molecular formula is C67H49N. The smallest absolute Gasteiger partial charge is 0.0546 e. The molecule has 0 radical (unpaired) electrons. The van der Waals surface area contributed by atoms with E-state index in [0.717, 1.165) is 17.1 Å². The molecular weight excluding hydrogens is 819 g/mol. The van der Waals surface area contributed by atoms with Crippen molar-refractivity contribution in [1.29, 1.82) is 0 Å². The number of rotatable bonds is 9. The molecule has 68 heavy (non-hydrogen) atoms. The maximum absolute atomic E-state index is 2.46. The Hall–Kier alpha value is -8.52. The Kier molecular flexibility index (Phi) is 10.3. The maximum atomic E-state index is 2.46. The number of nitrogens with zero attached hydrogens (tertiary/aromatic N) is 1. The molecule has 0 aliphatic heterocycles. The van der Waals surface area contributed by atoms with Crippen LogP contribution in [0.3, 0.4) is 0 Å². The van der Waals surface area contributed by atoms with Crippen LogP contribution in [0.15, 0.2) is 261 Å². The Labute approximate surface area is 399 Å². The summed E-state index contributed by atoms with van der Waals surface area (Å²) in [5.41, 5.74) is 22.9. The fraction of sp³-hybridized carbons (Fsp3) is 0.0448. The van der Waals surface area contributed by atoms with Crippen molar-refractivity contribution in [2.45, 2.75) is 19.3 Å². The Morgan fingerprint density at radius 3 is 1.53 bits per heavy atom. The molecule has 0 unspecified atom stereocenters. The first-order valence-corrected chi connectivity index (χ1v) is 23.7. The average molecular weight is 868 g/mol. The molecule has 0 N–H and O–H groups in total. The van der Waals surface area contributed by atoms with E-state index in [2.05, 4.69) is 280 Å². The molecule has 0 aromatic heterocycles. The molecule has 0 saturated heterocycles. The lowest BCUT2D eigenvalue weighted by Gasteiger charge is -2.30. The number of fused-ring (bicyclic) bond motifs is 4. The number of anilines is 3. The molecule has 12 rings (SSSR count). The predicted octanol–water partition coefficient (Wildman–Crippen LogP) is 18.6. The van der Waals surface area contributed by atoms with Gasteiger partial charge in [-0.1, -0.05) is 238 Å². The van der Waals surface area contributed by atoms with Crippen molar-refractivity contribution in [3.63, 3.8) is 0 Å². The van der Waals surface area contributed by atoms with Crippen LogP contribution in [0.2, 0.25) is 0 Å². The lowest BCUT2D eigenvalue weighted by Crippen LogP contribution is -2.14. The highest BCUT2D eigenvalue weighted by Crippen LogP contribution is 2.51. The van der Waals surface area contributed by atoms with Crippen molar-refractivity contribution in [3.8, 4) is 77.9 Å². The molecule has 1 heteroatoms. The lowest BCUT2D eigenvalue weighted by molar-refractivity contribution is 0.660. The molecule has 1 aliphatic carbocycles. The third-order valence-electron chi connectivity index (χ3n) is 14.1. The van der Waals surface area contributed by atoms with Crippen molar-refractivity contribution in [3.05, 3.63) is 272 Å². The van der Waals surface area contributed by atoms with Crippen LogP contribution in [0.4, 0.5) is 17.1 Å². The molecule has 11 aromatic carbocycles. The molecule has 0 saturated carbocycles. The monoisotopic (exact) mass is 867 g/mol. The van der Waals surface area contributed by atoms with E-state index in [9.17, 15) is 0 Å². The summed E-state index contributed by atoms with van der Waals surface area (Å²) < 4.78 is 0. The molecule has 0 amide bonds. The van der Waals surface area contributed by atoms with E-state index in [1.54, 1.807) is 0 Å². The average Bonchev–Trinajstić information content (AvgIpc) is 3.64. The van der Waals surface area contributed by atoms with Crippen molar-refractivity contribution >= 4 is 27.8 Å². The van der Waals surface area contributed by atoms with Crippen LogP contribution in [0.5, 0.6) is 0 Å². The molecule has 0 fully saturated rings. The molecule has 0 heterocycles. The van der Waals surface area contributed by atoms with Crippen molar-refractivity contribution < 1.29 is 0 Å². The van der Waals surface area contributed by atoms with Crippen LogP contribution < -0.4 is 4.90 Å². The predicted molar refractivity (Wildman–Crippen MR) is 289 cm³/mol. The van der Waals surface area contributed by atoms with Gasteiger partial charge in [-0.15, -0.1) is 0 Å². The summed E-state index contributed by atoms with van der Waals surface area (Å²) in [7, 11) is 0. The van der Waals surface area contributed by atoms with Gasteiger partial charge in [0.05, 0.1) is 5.69 Å². The molecule has 11 aromatic rings. The first-order valence-electron chi connectivity index (χ1n) is 23.7. The van der Waals surface area contributed by atoms with E-state index in [1.807, 2.05) is 0 Å². The van der Waals surface area contributed by atoms with Crippen LogP contribution >= 0.6 is 0 Å². The quantitative estimate of drug-likeness (QED) is 0.140. The molecule has 0 bridgehead atoms. The van der Waals surface area contributed by atoms with Gasteiger partial charge >= 0.3 is 0 Å². The van der Waals surface area contributed by atoms with Gasteiger partial charge in [0.15, 0.2) is 0 Å². The minimum Gasteiger partial charge on any atom is -0.310 e.